The molecular formula is C19H17BrN4OS. The Morgan fingerprint density at radius 1 is 1.15 bits per heavy atom. The molecule has 0 spiro atoms. The van der Waals surface area contributed by atoms with E-state index in [9.17, 15) is 4.79 Å². The molecular weight excluding hydrogens is 412 g/mol. The Hall–Kier alpha value is -2.12. The van der Waals surface area contributed by atoms with Crippen molar-refractivity contribution in [2.75, 3.05) is 11.1 Å². The van der Waals surface area contributed by atoms with Crippen LogP contribution in [0.15, 0.2) is 57.9 Å². The lowest BCUT2D eigenvalue weighted by Gasteiger charge is -2.06. The Morgan fingerprint density at radius 2 is 1.88 bits per heavy atom. The van der Waals surface area contributed by atoms with Gasteiger partial charge in [-0.2, -0.15) is 5.10 Å². The van der Waals surface area contributed by atoms with Crippen molar-refractivity contribution in [2.24, 2.45) is 0 Å². The molecule has 4 rings (SSSR count). The number of rotatable bonds is 6. The van der Waals surface area contributed by atoms with E-state index < -0.39 is 0 Å². The fourth-order valence-electron chi connectivity index (χ4n) is 2.52. The van der Waals surface area contributed by atoms with Crippen molar-refractivity contribution in [1.29, 1.82) is 0 Å². The van der Waals surface area contributed by atoms with Crippen LogP contribution in [0.4, 0.5) is 5.69 Å². The lowest BCUT2D eigenvalue weighted by molar-refractivity contribution is -0.113. The number of H-pyrrole nitrogens is 1. The van der Waals surface area contributed by atoms with Crippen LogP contribution in [0.25, 0.3) is 11.4 Å². The second-order valence-corrected chi connectivity index (χ2v) is 8.15. The number of anilines is 1. The van der Waals surface area contributed by atoms with Crippen LogP contribution in [0.3, 0.4) is 0 Å². The second-order valence-electron chi connectivity index (χ2n) is 6.19. The van der Waals surface area contributed by atoms with E-state index in [2.05, 4.69) is 36.4 Å². The van der Waals surface area contributed by atoms with Crippen LogP contribution in [0, 0.1) is 0 Å². The highest BCUT2D eigenvalue weighted by Crippen LogP contribution is 2.38. The minimum Gasteiger partial charge on any atom is -0.325 e. The predicted molar refractivity (Wildman–Crippen MR) is 107 cm³/mol. The first-order valence-corrected chi connectivity index (χ1v) is 10.2. The zero-order valence-electron chi connectivity index (χ0n) is 13.9. The highest BCUT2D eigenvalue weighted by atomic mass is 79.9. The van der Waals surface area contributed by atoms with Gasteiger partial charge in [-0.3, -0.25) is 9.89 Å². The van der Waals surface area contributed by atoms with Crippen LogP contribution in [-0.4, -0.2) is 26.8 Å². The molecule has 1 aliphatic rings. The van der Waals surface area contributed by atoms with Crippen LogP contribution in [0.5, 0.6) is 0 Å². The third-order valence-electron chi connectivity index (χ3n) is 4.08. The van der Waals surface area contributed by atoms with Gasteiger partial charge in [0.25, 0.3) is 0 Å². The van der Waals surface area contributed by atoms with Gasteiger partial charge in [-0.1, -0.05) is 15.9 Å². The number of hydrogen-bond acceptors (Lipinski definition) is 4. The van der Waals surface area contributed by atoms with Crippen LogP contribution in [0.1, 0.15) is 24.6 Å². The number of nitrogens with zero attached hydrogens (tertiary/aromatic N) is 2. The largest absolute Gasteiger partial charge is 0.325 e. The Bertz CT molecular complexity index is 904. The summed E-state index contributed by atoms with van der Waals surface area (Å²) < 4.78 is 1.03. The summed E-state index contributed by atoms with van der Waals surface area (Å²) in [6, 6.07) is 15.5. The molecule has 132 valence electrons. The van der Waals surface area contributed by atoms with E-state index in [1.165, 1.54) is 24.6 Å². The average Bonchev–Trinajstić information content (AvgIpc) is 3.39. The lowest BCUT2D eigenvalue weighted by atomic mass is 10.2. The molecule has 0 unspecified atom stereocenters. The summed E-state index contributed by atoms with van der Waals surface area (Å²) >= 11 is 4.92. The fraction of sp³-hybridized carbons (Fsp3) is 0.211. The van der Waals surface area contributed by atoms with Crippen LogP contribution < -0.4 is 5.32 Å². The number of aromatic amines is 1. The maximum atomic E-state index is 12.1. The Kier molecular flexibility index (Phi) is 5.08. The summed E-state index contributed by atoms with van der Waals surface area (Å²) in [5, 5.41) is 10.2. The smallest absolute Gasteiger partial charge is 0.234 e. The van der Waals surface area contributed by atoms with E-state index in [1.54, 1.807) is 0 Å². The number of thioether (sulfide) groups is 1. The molecule has 1 aromatic heterocycles. The zero-order valence-corrected chi connectivity index (χ0v) is 16.3. The first-order chi connectivity index (χ1) is 12.7. The van der Waals surface area contributed by atoms with Gasteiger partial charge in [-0.15, -0.1) is 11.8 Å². The number of carbonyl (C=O) groups is 1. The molecule has 3 aromatic rings. The average molecular weight is 429 g/mol. The maximum absolute atomic E-state index is 12.1. The molecule has 1 saturated carbocycles. The Labute approximate surface area is 164 Å². The van der Waals surface area contributed by atoms with Gasteiger partial charge in [0.15, 0.2) is 5.82 Å². The highest BCUT2D eigenvalue weighted by Gasteiger charge is 2.27. The SMILES string of the molecule is O=C(CSc1ccc(Br)cc1)Nc1ccc(-c2n[nH]c(C3CC3)n2)cc1. The van der Waals surface area contributed by atoms with Gasteiger partial charge in [0, 0.05) is 26.5 Å². The quantitative estimate of drug-likeness (QED) is 0.550. The summed E-state index contributed by atoms with van der Waals surface area (Å²) in [6.45, 7) is 0. The fourth-order valence-corrected chi connectivity index (χ4v) is 3.48. The molecule has 1 fully saturated rings. The predicted octanol–water partition coefficient (Wildman–Crippen LogP) is 4.84. The lowest BCUT2D eigenvalue weighted by Crippen LogP contribution is -2.13. The molecule has 0 saturated heterocycles. The first kappa shape index (κ1) is 17.3. The molecule has 1 heterocycles. The normalized spacial score (nSPS) is 13.6. The van der Waals surface area contributed by atoms with E-state index in [4.69, 9.17) is 0 Å². The number of halogens is 1. The van der Waals surface area contributed by atoms with Gasteiger partial charge in [0.2, 0.25) is 5.91 Å². The first-order valence-electron chi connectivity index (χ1n) is 8.38. The molecule has 0 aliphatic heterocycles. The molecule has 0 bridgehead atoms. The summed E-state index contributed by atoms with van der Waals surface area (Å²) in [5.74, 6) is 2.57. The molecule has 1 aliphatic carbocycles. The van der Waals surface area contributed by atoms with Crippen molar-refractivity contribution in [3.8, 4) is 11.4 Å². The molecule has 0 radical (unpaired) electrons. The van der Waals surface area contributed by atoms with Crippen LogP contribution >= 0.6 is 27.7 Å². The molecule has 5 nitrogen and oxygen atoms in total. The van der Waals surface area contributed by atoms with Crippen molar-refractivity contribution in [1.82, 2.24) is 15.2 Å². The number of benzene rings is 2. The van der Waals surface area contributed by atoms with Crippen molar-refractivity contribution >= 4 is 39.3 Å². The maximum Gasteiger partial charge on any atom is 0.234 e. The number of carbonyl (C=O) groups excluding carboxylic acids is 1. The summed E-state index contributed by atoms with van der Waals surface area (Å²) in [6.07, 6.45) is 2.38. The van der Waals surface area contributed by atoms with Gasteiger partial charge in [-0.05, 0) is 61.4 Å². The summed E-state index contributed by atoms with van der Waals surface area (Å²) in [7, 11) is 0. The Balaban J connectivity index is 1.32. The van der Waals surface area contributed by atoms with Crippen molar-refractivity contribution in [3.05, 3.63) is 58.8 Å². The number of nitrogens with one attached hydrogen (secondary N) is 2. The topological polar surface area (TPSA) is 70.7 Å². The van der Waals surface area contributed by atoms with E-state index in [1.807, 2.05) is 48.5 Å². The Morgan fingerprint density at radius 3 is 2.58 bits per heavy atom. The van der Waals surface area contributed by atoms with Gasteiger partial charge < -0.3 is 5.32 Å². The summed E-state index contributed by atoms with van der Waals surface area (Å²) in [4.78, 5) is 17.7. The minimum absolute atomic E-state index is 0.0282. The number of aromatic nitrogens is 3. The third-order valence-corrected chi connectivity index (χ3v) is 5.62. The number of amides is 1. The van der Waals surface area contributed by atoms with E-state index in [-0.39, 0.29) is 5.91 Å². The molecule has 1 amide bonds. The molecule has 2 N–H and O–H groups in total. The van der Waals surface area contributed by atoms with Crippen molar-refractivity contribution in [2.45, 2.75) is 23.7 Å². The minimum atomic E-state index is -0.0282. The zero-order chi connectivity index (χ0) is 17.9. The molecule has 26 heavy (non-hydrogen) atoms. The van der Waals surface area contributed by atoms with Gasteiger partial charge in [-0.25, -0.2) is 4.98 Å². The third kappa shape index (κ3) is 4.34. The van der Waals surface area contributed by atoms with E-state index in [0.717, 1.165) is 26.4 Å². The van der Waals surface area contributed by atoms with Crippen LogP contribution in [-0.2, 0) is 4.79 Å². The van der Waals surface area contributed by atoms with Gasteiger partial charge in [0.1, 0.15) is 5.82 Å². The molecule has 0 atom stereocenters. The van der Waals surface area contributed by atoms with Gasteiger partial charge >= 0.3 is 0 Å². The summed E-state index contributed by atoms with van der Waals surface area (Å²) in [5.41, 5.74) is 1.71. The molecule has 7 heteroatoms. The van der Waals surface area contributed by atoms with Crippen molar-refractivity contribution < 1.29 is 4.79 Å². The second kappa shape index (κ2) is 7.63. The standard InChI is InChI=1S/C19H17BrN4OS/c20-14-5-9-16(10-6-14)26-11-17(25)21-15-7-3-13(4-8-15)19-22-18(23-24-19)12-1-2-12/h3-10,12H,1-2,11H2,(H,21,25)(H,22,23,24). The number of hydrogen-bond donors (Lipinski definition) is 2. The van der Waals surface area contributed by atoms with E-state index >= 15 is 0 Å². The van der Waals surface area contributed by atoms with Crippen LogP contribution in [0.2, 0.25) is 0 Å². The van der Waals surface area contributed by atoms with Crippen molar-refractivity contribution in [3.63, 3.8) is 0 Å². The molecule has 2 aromatic carbocycles. The highest BCUT2D eigenvalue weighted by molar-refractivity contribution is 9.10. The van der Waals surface area contributed by atoms with Gasteiger partial charge in [0.05, 0.1) is 5.75 Å². The van der Waals surface area contributed by atoms with E-state index in [0.29, 0.717) is 17.5 Å². The monoisotopic (exact) mass is 428 g/mol.